The van der Waals surface area contributed by atoms with Crippen molar-refractivity contribution >= 4 is 0 Å². The van der Waals surface area contributed by atoms with Gasteiger partial charge in [-0.2, -0.15) is 0 Å². The third-order valence-electron chi connectivity index (χ3n) is 3.32. The molecular weight excluding hydrogens is 267 g/mol. The van der Waals surface area contributed by atoms with Crippen LogP contribution < -0.4 is 10.1 Å². The predicted molar refractivity (Wildman–Crippen MR) is 82.1 cm³/mol. The molecule has 0 bridgehead atoms. The molecule has 0 radical (unpaired) electrons. The van der Waals surface area contributed by atoms with E-state index in [1.807, 2.05) is 32.0 Å². The Labute approximate surface area is 125 Å². The molecule has 1 N–H and O–H groups in total. The van der Waals surface area contributed by atoms with Crippen molar-refractivity contribution in [3.63, 3.8) is 0 Å². The number of hydrogen-bond acceptors (Lipinski definition) is 3. The fourth-order valence-corrected chi connectivity index (χ4v) is 2.34. The maximum Gasteiger partial charge on any atom is 0.137 e. The van der Waals surface area contributed by atoms with Crippen molar-refractivity contribution in [2.24, 2.45) is 0 Å². The lowest BCUT2D eigenvalue weighted by molar-refractivity contribution is 0.338. The van der Waals surface area contributed by atoms with E-state index in [2.05, 4.69) is 10.3 Å². The molecule has 0 fully saturated rings. The largest absolute Gasteiger partial charge is 0.492 e. The minimum Gasteiger partial charge on any atom is -0.492 e. The second-order valence-corrected chi connectivity index (χ2v) is 4.86. The summed E-state index contributed by atoms with van der Waals surface area (Å²) >= 11 is 0. The number of ether oxygens (including phenoxy) is 1. The highest BCUT2D eigenvalue weighted by Gasteiger charge is 2.18. The van der Waals surface area contributed by atoms with Crippen LogP contribution in [0, 0.1) is 12.7 Å². The zero-order chi connectivity index (χ0) is 15.2. The molecule has 0 aliphatic carbocycles. The van der Waals surface area contributed by atoms with Gasteiger partial charge in [-0.25, -0.2) is 4.39 Å². The summed E-state index contributed by atoms with van der Waals surface area (Å²) in [4.78, 5) is 4.20. The Balaban J connectivity index is 2.43. The minimum absolute atomic E-state index is 0.176. The number of nitrogens with one attached hydrogen (secondary N) is 1. The first-order chi connectivity index (χ1) is 10.2. The minimum atomic E-state index is -0.234. The molecule has 1 heterocycles. The van der Waals surface area contributed by atoms with E-state index in [4.69, 9.17) is 4.74 Å². The van der Waals surface area contributed by atoms with Gasteiger partial charge in [0.2, 0.25) is 0 Å². The molecule has 0 amide bonds. The average Bonchev–Trinajstić information content (AvgIpc) is 2.49. The van der Waals surface area contributed by atoms with Crippen LogP contribution >= 0.6 is 0 Å². The fraction of sp³-hybridized carbons (Fsp3) is 0.353. The number of nitrogens with zero attached hydrogens (tertiary/aromatic N) is 1. The molecule has 1 unspecified atom stereocenters. The van der Waals surface area contributed by atoms with Crippen LogP contribution in [0.25, 0.3) is 0 Å². The normalized spacial score (nSPS) is 12.2. The van der Waals surface area contributed by atoms with Gasteiger partial charge in [-0.15, -0.1) is 0 Å². The van der Waals surface area contributed by atoms with Crippen LogP contribution in [0.4, 0.5) is 4.39 Å². The summed E-state index contributed by atoms with van der Waals surface area (Å²) in [5.41, 5.74) is 2.17. The van der Waals surface area contributed by atoms with Crippen molar-refractivity contribution in [1.29, 1.82) is 0 Å². The predicted octanol–water partition coefficient (Wildman–Crippen LogP) is 3.63. The molecule has 3 nitrogen and oxygen atoms in total. The van der Waals surface area contributed by atoms with Crippen LogP contribution in [0.2, 0.25) is 0 Å². The number of halogens is 1. The Hall–Kier alpha value is -1.94. The van der Waals surface area contributed by atoms with Gasteiger partial charge < -0.3 is 10.1 Å². The SMILES string of the molecule is CCNC(c1cncc(OCC)c1)c1cccc(C)c1F. The molecule has 1 aromatic heterocycles. The Morgan fingerprint density at radius 1 is 1.29 bits per heavy atom. The Kier molecular flexibility index (Phi) is 5.28. The van der Waals surface area contributed by atoms with Crippen LogP contribution in [0.3, 0.4) is 0 Å². The number of benzene rings is 1. The van der Waals surface area contributed by atoms with Gasteiger partial charge in [0.1, 0.15) is 11.6 Å². The lowest BCUT2D eigenvalue weighted by atomic mass is 9.97. The topological polar surface area (TPSA) is 34.2 Å². The lowest BCUT2D eigenvalue weighted by Crippen LogP contribution is -2.23. The van der Waals surface area contributed by atoms with Crippen molar-refractivity contribution in [3.8, 4) is 5.75 Å². The van der Waals surface area contributed by atoms with Crippen LogP contribution in [-0.4, -0.2) is 18.1 Å². The molecular formula is C17H21FN2O. The monoisotopic (exact) mass is 288 g/mol. The maximum atomic E-state index is 14.4. The molecule has 0 aliphatic heterocycles. The Morgan fingerprint density at radius 2 is 2.10 bits per heavy atom. The van der Waals surface area contributed by atoms with E-state index >= 15 is 0 Å². The molecule has 1 atom stereocenters. The van der Waals surface area contributed by atoms with Gasteiger partial charge in [-0.1, -0.05) is 25.1 Å². The van der Waals surface area contributed by atoms with Crippen molar-refractivity contribution in [2.45, 2.75) is 26.8 Å². The van der Waals surface area contributed by atoms with Crippen molar-refractivity contribution in [2.75, 3.05) is 13.2 Å². The summed E-state index contributed by atoms with van der Waals surface area (Å²) in [6.45, 7) is 7.01. The van der Waals surface area contributed by atoms with E-state index in [0.29, 0.717) is 23.5 Å². The highest BCUT2D eigenvalue weighted by atomic mass is 19.1. The Bertz CT molecular complexity index is 601. The van der Waals surface area contributed by atoms with Crippen molar-refractivity contribution in [1.82, 2.24) is 10.3 Å². The first-order valence-corrected chi connectivity index (χ1v) is 7.23. The van der Waals surface area contributed by atoms with Crippen LogP contribution in [-0.2, 0) is 0 Å². The third kappa shape index (κ3) is 3.58. The molecule has 2 aromatic rings. The summed E-state index contributed by atoms with van der Waals surface area (Å²) in [6.07, 6.45) is 3.42. The summed E-state index contributed by atoms with van der Waals surface area (Å²) in [7, 11) is 0. The molecule has 21 heavy (non-hydrogen) atoms. The molecule has 0 saturated carbocycles. The summed E-state index contributed by atoms with van der Waals surface area (Å²) in [6, 6.07) is 7.13. The summed E-state index contributed by atoms with van der Waals surface area (Å²) in [5.74, 6) is 0.524. The van der Waals surface area contributed by atoms with E-state index in [-0.39, 0.29) is 11.9 Å². The Morgan fingerprint density at radius 3 is 2.81 bits per heavy atom. The van der Waals surface area contributed by atoms with Crippen molar-refractivity contribution < 1.29 is 9.13 Å². The van der Waals surface area contributed by atoms with Gasteiger partial charge in [-0.3, -0.25) is 4.98 Å². The number of rotatable bonds is 6. The van der Waals surface area contributed by atoms with Gasteiger partial charge in [0.15, 0.2) is 0 Å². The fourth-order valence-electron chi connectivity index (χ4n) is 2.34. The second kappa shape index (κ2) is 7.18. The molecule has 112 valence electrons. The second-order valence-electron chi connectivity index (χ2n) is 4.86. The maximum absolute atomic E-state index is 14.4. The number of pyridine rings is 1. The van der Waals surface area contributed by atoms with Gasteiger partial charge in [0.25, 0.3) is 0 Å². The van der Waals surface area contributed by atoms with Crippen LogP contribution in [0.5, 0.6) is 5.75 Å². The molecule has 0 aliphatic rings. The van der Waals surface area contributed by atoms with E-state index in [0.717, 1.165) is 12.1 Å². The highest BCUT2D eigenvalue weighted by molar-refractivity contribution is 5.36. The molecule has 0 spiro atoms. The molecule has 0 saturated heterocycles. The van der Waals surface area contributed by atoms with E-state index in [9.17, 15) is 4.39 Å². The number of hydrogen-bond donors (Lipinski definition) is 1. The van der Waals surface area contributed by atoms with E-state index in [1.54, 1.807) is 25.4 Å². The standard InChI is InChI=1S/C17H21FN2O/c1-4-20-17(15-8-6-7-12(3)16(15)18)13-9-14(21-5-2)11-19-10-13/h6-11,17,20H,4-5H2,1-3H3. The van der Waals surface area contributed by atoms with Crippen LogP contribution in [0.15, 0.2) is 36.7 Å². The lowest BCUT2D eigenvalue weighted by Gasteiger charge is -2.20. The smallest absolute Gasteiger partial charge is 0.137 e. The van der Waals surface area contributed by atoms with E-state index in [1.165, 1.54) is 0 Å². The summed E-state index contributed by atoms with van der Waals surface area (Å²) < 4.78 is 19.9. The average molecular weight is 288 g/mol. The highest BCUT2D eigenvalue weighted by Crippen LogP contribution is 2.27. The first kappa shape index (κ1) is 15.4. The van der Waals surface area contributed by atoms with E-state index < -0.39 is 0 Å². The molecule has 4 heteroatoms. The zero-order valence-electron chi connectivity index (χ0n) is 12.7. The summed E-state index contributed by atoms with van der Waals surface area (Å²) in [5, 5.41) is 3.32. The molecule has 2 rings (SSSR count). The van der Waals surface area contributed by atoms with Crippen LogP contribution in [0.1, 0.15) is 36.6 Å². The van der Waals surface area contributed by atoms with Gasteiger partial charge in [-0.05, 0) is 37.6 Å². The number of aromatic nitrogens is 1. The van der Waals surface area contributed by atoms with Gasteiger partial charge >= 0.3 is 0 Å². The van der Waals surface area contributed by atoms with Crippen molar-refractivity contribution in [3.05, 3.63) is 59.2 Å². The quantitative estimate of drug-likeness (QED) is 0.881. The third-order valence-corrected chi connectivity index (χ3v) is 3.32. The molecule has 1 aromatic carbocycles. The van der Waals surface area contributed by atoms with Gasteiger partial charge in [0, 0.05) is 11.8 Å². The van der Waals surface area contributed by atoms with Gasteiger partial charge in [0.05, 0.1) is 18.8 Å². The number of aryl methyl sites for hydroxylation is 1. The first-order valence-electron chi connectivity index (χ1n) is 7.23. The zero-order valence-corrected chi connectivity index (χ0v) is 12.7.